The van der Waals surface area contributed by atoms with E-state index in [-0.39, 0.29) is 17.5 Å². The van der Waals surface area contributed by atoms with Gasteiger partial charge in [0.05, 0.1) is 11.4 Å². The maximum atomic E-state index is 12.6. The van der Waals surface area contributed by atoms with Crippen molar-refractivity contribution in [2.24, 2.45) is 0 Å². The fourth-order valence-corrected chi connectivity index (χ4v) is 5.77. The molecule has 0 saturated heterocycles. The summed E-state index contributed by atoms with van der Waals surface area (Å²) in [5.74, 6) is 0.667. The molecule has 4 rings (SSSR count). The van der Waals surface area contributed by atoms with Crippen LogP contribution in [0.2, 0.25) is 0 Å². The Labute approximate surface area is 166 Å². The number of aromatic nitrogens is 2. The summed E-state index contributed by atoms with van der Waals surface area (Å²) in [5.41, 5.74) is 1.14. The zero-order chi connectivity index (χ0) is 19.0. The van der Waals surface area contributed by atoms with Gasteiger partial charge >= 0.3 is 0 Å². The predicted octanol–water partition coefficient (Wildman–Crippen LogP) is 4.08. The first-order valence-electron chi connectivity index (χ1n) is 9.37. The lowest BCUT2D eigenvalue weighted by Gasteiger charge is -2.24. The summed E-state index contributed by atoms with van der Waals surface area (Å²) in [6.45, 7) is 2.03. The molecule has 3 heterocycles. The van der Waals surface area contributed by atoms with E-state index in [9.17, 15) is 9.59 Å². The molecule has 7 heteroatoms. The van der Waals surface area contributed by atoms with Crippen LogP contribution in [0, 0.1) is 0 Å². The number of aromatic amines is 1. The third kappa shape index (κ3) is 3.58. The monoisotopic (exact) mass is 401 g/mol. The molecule has 1 atom stereocenters. The highest BCUT2D eigenvalue weighted by atomic mass is 32.1. The molecule has 1 aliphatic carbocycles. The summed E-state index contributed by atoms with van der Waals surface area (Å²) in [5, 5.41) is 2.79. The van der Waals surface area contributed by atoms with E-state index < -0.39 is 0 Å². The van der Waals surface area contributed by atoms with Gasteiger partial charge in [-0.25, -0.2) is 4.98 Å². The molecule has 1 unspecified atom stereocenters. The van der Waals surface area contributed by atoms with Crippen molar-refractivity contribution >= 4 is 38.8 Å². The van der Waals surface area contributed by atoms with Crippen molar-refractivity contribution in [2.45, 2.75) is 51.5 Å². The van der Waals surface area contributed by atoms with Gasteiger partial charge in [-0.15, -0.1) is 22.7 Å². The Bertz CT molecular complexity index is 1020. The van der Waals surface area contributed by atoms with E-state index in [0.29, 0.717) is 18.7 Å². The molecule has 0 saturated carbocycles. The molecule has 0 radical (unpaired) electrons. The lowest BCUT2D eigenvalue weighted by Crippen LogP contribution is -2.29. The maximum absolute atomic E-state index is 12.6. The Morgan fingerprint density at radius 1 is 1.37 bits per heavy atom. The molecule has 1 aliphatic rings. The van der Waals surface area contributed by atoms with Crippen LogP contribution in [0.3, 0.4) is 0 Å². The number of fused-ring (bicyclic) bond motifs is 3. The van der Waals surface area contributed by atoms with Gasteiger partial charge in [0, 0.05) is 29.6 Å². The van der Waals surface area contributed by atoms with Crippen LogP contribution in [0.4, 0.5) is 0 Å². The number of nitrogens with zero attached hydrogens (tertiary/aromatic N) is 2. The van der Waals surface area contributed by atoms with E-state index in [2.05, 4.69) is 9.97 Å². The number of amides is 1. The number of hydrogen-bond acceptors (Lipinski definition) is 5. The normalized spacial score (nSPS) is 14.9. The number of H-pyrrole nitrogens is 1. The van der Waals surface area contributed by atoms with Gasteiger partial charge in [0.1, 0.15) is 10.7 Å². The quantitative estimate of drug-likeness (QED) is 0.701. The first-order valence-corrected chi connectivity index (χ1v) is 11.1. The molecule has 0 aromatic carbocycles. The molecule has 1 N–H and O–H groups in total. The van der Waals surface area contributed by atoms with Gasteiger partial charge < -0.3 is 9.88 Å². The molecule has 0 spiro atoms. The molecule has 5 nitrogen and oxygen atoms in total. The highest BCUT2D eigenvalue weighted by molar-refractivity contribution is 7.18. The topological polar surface area (TPSA) is 66.1 Å². The summed E-state index contributed by atoms with van der Waals surface area (Å²) in [6, 6.07) is 4.10. The van der Waals surface area contributed by atoms with E-state index in [4.69, 9.17) is 0 Å². The zero-order valence-electron chi connectivity index (χ0n) is 15.6. The lowest BCUT2D eigenvalue weighted by molar-refractivity contribution is -0.131. The van der Waals surface area contributed by atoms with Gasteiger partial charge in [0.15, 0.2) is 0 Å². The lowest BCUT2D eigenvalue weighted by atomic mass is 9.97. The minimum absolute atomic E-state index is 0.0519. The van der Waals surface area contributed by atoms with Gasteiger partial charge in [0.25, 0.3) is 5.56 Å². The molecule has 0 fully saturated rings. The Balaban J connectivity index is 1.49. The first-order chi connectivity index (χ1) is 13.0. The molecular formula is C20H23N3O2S2. The van der Waals surface area contributed by atoms with Crippen molar-refractivity contribution in [2.75, 3.05) is 7.05 Å². The smallest absolute Gasteiger partial charge is 0.259 e. The second-order valence-electron chi connectivity index (χ2n) is 7.10. The van der Waals surface area contributed by atoms with Gasteiger partial charge in [-0.05, 0) is 49.6 Å². The van der Waals surface area contributed by atoms with Crippen LogP contribution in [0.1, 0.15) is 53.4 Å². The van der Waals surface area contributed by atoms with Gasteiger partial charge in [-0.3, -0.25) is 9.59 Å². The average molecular weight is 402 g/mol. The van der Waals surface area contributed by atoms with E-state index in [1.165, 1.54) is 21.7 Å². The number of nitrogens with one attached hydrogen (secondary N) is 1. The first kappa shape index (κ1) is 18.4. The fourth-order valence-electron chi connectivity index (χ4n) is 3.66. The number of carbonyl (C=O) groups excluding carboxylic acids is 1. The van der Waals surface area contributed by atoms with Crippen LogP contribution in [-0.2, 0) is 24.1 Å². The number of rotatable bonds is 5. The third-order valence-electron chi connectivity index (χ3n) is 5.38. The molecule has 3 aromatic heterocycles. The minimum Gasteiger partial charge on any atom is -0.338 e. The van der Waals surface area contributed by atoms with Crippen molar-refractivity contribution < 1.29 is 4.79 Å². The van der Waals surface area contributed by atoms with Crippen molar-refractivity contribution in [1.82, 2.24) is 14.9 Å². The largest absolute Gasteiger partial charge is 0.338 e. The van der Waals surface area contributed by atoms with E-state index in [0.717, 1.165) is 29.5 Å². The van der Waals surface area contributed by atoms with Crippen molar-refractivity contribution in [3.05, 3.63) is 49.0 Å². The minimum atomic E-state index is -0.0536. The average Bonchev–Trinajstić information content (AvgIpc) is 3.32. The van der Waals surface area contributed by atoms with Crippen molar-refractivity contribution in [1.29, 1.82) is 0 Å². The number of carbonyl (C=O) groups is 1. The fraction of sp³-hybridized carbons (Fsp3) is 0.450. The molecule has 0 bridgehead atoms. The molecule has 0 aliphatic heterocycles. The summed E-state index contributed by atoms with van der Waals surface area (Å²) in [7, 11) is 1.83. The van der Waals surface area contributed by atoms with E-state index in [1.54, 1.807) is 27.6 Å². The zero-order valence-corrected chi connectivity index (χ0v) is 17.2. The maximum Gasteiger partial charge on any atom is 0.259 e. The number of hydrogen-bond donors (Lipinski definition) is 1. The Morgan fingerprint density at radius 2 is 2.19 bits per heavy atom. The van der Waals surface area contributed by atoms with Crippen LogP contribution >= 0.6 is 22.7 Å². The van der Waals surface area contributed by atoms with Crippen LogP contribution in [0.25, 0.3) is 10.2 Å². The predicted molar refractivity (Wildman–Crippen MR) is 111 cm³/mol. The standard InChI is InChI=1S/C20H23N3O2S2/c1-12(14-8-5-11-26-14)23(2)17(24)10-9-16-21-19(25)18-13-6-3-4-7-15(13)27-20(18)22-16/h5,8,11-12H,3-4,6-7,9-10H2,1-2H3,(H,21,22,25). The van der Waals surface area contributed by atoms with Crippen molar-refractivity contribution in [3.8, 4) is 0 Å². The summed E-state index contributed by atoms with van der Waals surface area (Å²) in [6.07, 6.45) is 5.15. The van der Waals surface area contributed by atoms with Crippen LogP contribution < -0.4 is 5.56 Å². The Kier molecular flexibility index (Phi) is 5.14. The summed E-state index contributed by atoms with van der Waals surface area (Å²) >= 11 is 3.30. The Hall–Kier alpha value is -1.99. The molecule has 3 aromatic rings. The van der Waals surface area contributed by atoms with E-state index >= 15 is 0 Å². The Morgan fingerprint density at radius 3 is 2.96 bits per heavy atom. The molecule has 142 valence electrons. The second kappa shape index (κ2) is 7.56. The highest BCUT2D eigenvalue weighted by Gasteiger charge is 2.21. The highest BCUT2D eigenvalue weighted by Crippen LogP contribution is 2.33. The third-order valence-corrected chi connectivity index (χ3v) is 7.61. The van der Waals surface area contributed by atoms with E-state index in [1.807, 2.05) is 31.5 Å². The second-order valence-corrected chi connectivity index (χ2v) is 9.16. The van der Waals surface area contributed by atoms with Gasteiger partial charge in [-0.2, -0.15) is 0 Å². The SMILES string of the molecule is CC(c1cccs1)N(C)C(=O)CCc1nc2sc3c(c2c(=O)[nH]1)CCCC3. The van der Waals surface area contributed by atoms with Crippen LogP contribution in [-0.4, -0.2) is 27.8 Å². The molecule has 27 heavy (non-hydrogen) atoms. The summed E-state index contributed by atoms with van der Waals surface area (Å²) < 4.78 is 0. The van der Waals surface area contributed by atoms with Crippen LogP contribution in [0.15, 0.2) is 22.3 Å². The number of thiophene rings is 2. The van der Waals surface area contributed by atoms with Crippen molar-refractivity contribution in [3.63, 3.8) is 0 Å². The van der Waals surface area contributed by atoms with Gasteiger partial charge in [0.2, 0.25) is 5.91 Å². The van der Waals surface area contributed by atoms with Gasteiger partial charge in [-0.1, -0.05) is 6.07 Å². The molecule has 1 amide bonds. The summed E-state index contributed by atoms with van der Waals surface area (Å²) in [4.78, 5) is 37.8. The molecular weight excluding hydrogens is 378 g/mol. The number of aryl methyl sites for hydroxylation is 3. The van der Waals surface area contributed by atoms with Crippen LogP contribution in [0.5, 0.6) is 0 Å².